The molecular weight excluding hydrogens is 1020 g/mol. The molecule has 0 fully saturated rings. The lowest BCUT2D eigenvalue weighted by molar-refractivity contribution is 1.04. The van der Waals surface area contributed by atoms with Gasteiger partial charge in [-0.1, -0.05) is 158 Å². The van der Waals surface area contributed by atoms with E-state index in [1.807, 2.05) is 0 Å². The van der Waals surface area contributed by atoms with Crippen molar-refractivity contribution < 1.29 is 0 Å². The molecule has 8 nitrogen and oxygen atoms in total. The van der Waals surface area contributed by atoms with Crippen molar-refractivity contribution in [2.75, 3.05) is 0 Å². The van der Waals surface area contributed by atoms with Crippen molar-refractivity contribution in [3.63, 3.8) is 0 Å². The van der Waals surface area contributed by atoms with Crippen molar-refractivity contribution in [3.8, 4) is 79.4 Å². The minimum Gasteiger partial charge on any atom is -0.314 e. The number of aromatic nitrogens is 8. The van der Waals surface area contributed by atoms with Crippen molar-refractivity contribution >= 4 is 65.4 Å². The van der Waals surface area contributed by atoms with Crippen molar-refractivity contribution in [1.29, 1.82) is 0 Å². The Hall–Kier alpha value is -11.0. The first kappa shape index (κ1) is 48.9. The summed E-state index contributed by atoms with van der Waals surface area (Å²) in [6.07, 6.45) is 0. The van der Waals surface area contributed by atoms with Gasteiger partial charge in [-0.25, -0.2) is 19.9 Å². The van der Waals surface area contributed by atoms with Gasteiger partial charge in [-0.3, -0.25) is 0 Å². The normalized spacial score (nSPS) is 11.8. The van der Waals surface area contributed by atoms with E-state index in [2.05, 4.69) is 301 Å². The molecule has 84 heavy (non-hydrogen) atoms. The van der Waals surface area contributed by atoms with Crippen LogP contribution >= 0.6 is 0 Å². The molecule has 0 unspecified atom stereocenters. The molecule has 6 aromatic heterocycles. The average molecular weight is 1080 g/mol. The Bertz CT molecular complexity index is 4840. The molecule has 0 bridgehead atoms. The van der Waals surface area contributed by atoms with E-state index in [1.165, 1.54) is 65.9 Å². The van der Waals surface area contributed by atoms with E-state index < -0.39 is 0 Å². The predicted octanol–water partition coefficient (Wildman–Crippen LogP) is 18.9. The Morgan fingerprint density at radius 1 is 0.226 bits per heavy atom. The molecule has 8 heteroatoms. The predicted molar refractivity (Wildman–Crippen MR) is 346 cm³/mol. The molecule has 16 rings (SSSR count). The van der Waals surface area contributed by atoms with E-state index in [-0.39, 0.29) is 0 Å². The summed E-state index contributed by atoms with van der Waals surface area (Å²) in [5, 5.41) is 7.40. The van der Waals surface area contributed by atoms with Crippen LogP contribution in [0.4, 0.5) is 0 Å². The van der Waals surface area contributed by atoms with Crippen LogP contribution in [0.15, 0.2) is 255 Å². The van der Waals surface area contributed by atoms with Crippen LogP contribution in [0.5, 0.6) is 0 Å². The number of fused-ring (bicyclic) bond motifs is 8. The number of hydrogen-bond donors (Lipinski definition) is 0. The fourth-order valence-electron chi connectivity index (χ4n) is 12.9. The molecule has 0 atom stereocenters. The highest BCUT2D eigenvalue weighted by Gasteiger charge is 2.21. The molecule has 0 N–H and O–H groups in total. The number of benzene rings is 10. The molecule has 0 radical (unpaired) electrons. The lowest BCUT2D eigenvalue weighted by Crippen LogP contribution is -2.03. The topological polar surface area (TPSA) is 71.3 Å². The highest BCUT2D eigenvalue weighted by Crippen LogP contribution is 2.38. The van der Waals surface area contributed by atoms with Crippen molar-refractivity contribution in [2.45, 2.75) is 27.7 Å². The summed E-state index contributed by atoms with van der Waals surface area (Å²) in [6.45, 7) is 8.80. The second-order valence-corrected chi connectivity index (χ2v) is 22.0. The van der Waals surface area contributed by atoms with Crippen LogP contribution in [0, 0.1) is 27.7 Å². The zero-order valence-corrected chi connectivity index (χ0v) is 46.8. The minimum absolute atomic E-state index is 0.423. The molecule has 0 aliphatic carbocycles. The molecule has 0 aliphatic rings. The van der Waals surface area contributed by atoms with Gasteiger partial charge in [0, 0.05) is 88.7 Å². The molecule has 0 aliphatic heterocycles. The van der Waals surface area contributed by atoms with Gasteiger partial charge in [-0.15, -0.1) is 0 Å². The van der Waals surface area contributed by atoms with Gasteiger partial charge < -0.3 is 18.3 Å². The van der Waals surface area contributed by atoms with Gasteiger partial charge in [0.2, 0.25) is 0 Å². The Kier molecular flexibility index (Phi) is 11.3. The third-order valence-electron chi connectivity index (χ3n) is 17.4. The first-order valence-electron chi connectivity index (χ1n) is 28.6. The van der Waals surface area contributed by atoms with E-state index >= 15 is 0 Å². The number of rotatable bonds is 9. The van der Waals surface area contributed by atoms with Gasteiger partial charge in [0.1, 0.15) is 0 Å². The Morgan fingerprint density at radius 2 is 0.440 bits per heavy atom. The maximum absolute atomic E-state index is 5.42. The molecule has 10 aromatic carbocycles. The van der Waals surface area contributed by atoms with Crippen LogP contribution in [0.3, 0.4) is 0 Å². The van der Waals surface area contributed by atoms with Crippen LogP contribution in [-0.2, 0) is 0 Å². The van der Waals surface area contributed by atoms with E-state index in [0.717, 1.165) is 89.8 Å². The SMILES string of the molecule is Cc1c(C)n(-c2ccc(-c3cc(-c4ccc(-n5c(C)c(C)c6ccccc65)cc4)nc(-c4nc(-c5ccc(-n6c7ccccc7c7ccccc76)cc5)cc(-c5ccc(-n6c7ccccc7c7ccccc76)cc5)n4)n3)cc2)c2ccccc12. The van der Waals surface area contributed by atoms with Crippen LogP contribution in [0.1, 0.15) is 22.5 Å². The van der Waals surface area contributed by atoms with Gasteiger partial charge in [-0.05, 0) is 136 Å². The third kappa shape index (κ3) is 7.82. The lowest BCUT2D eigenvalue weighted by Gasteiger charge is -2.14. The first-order valence-corrected chi connectivity index (χ1v) is 28.6. The largest absolute Gasteiger partial charge is 0.314 e. The zero-order valence-electron chi connectivity index (χ0n) is 46.8. The Morgan fingerprint density at radius 3 is 0.702 bits per heavy atom. The van der Waals surface area contributed by atoms with E-state index in [0.29, 0.717) is 11.6 Å². The van der Waals surface area contributed by atoms with Gasteiger partial charge in [0.15, 0.2) is 11.6 Å². The first-order chi connectivity index (χ1) is 41.3. The zero-order chi connectivity index (χ0) is 56.2. The standard InChI is InChI=1S/C76H54N8/c1-47-49(3)81(69-23-11-5-17-59(47)69)55-37-29-51(30-38-55)65-45-66(52-31-39-56(40-32-52)82-50(4)48(2)60-18-6-12-24-70(60)82)78-75(77-65)76-79-67(53-33-41-57(42-34-53)83-71-25-13-7-19-61(71)62-20-8-14-26-72(62)83)46-68(80-76)54-35-43-58(44-36-54)84-73-27-15-9-21-63(73)64-22-10-16-28-74(64)84/h5-46H,1-4H3. The van der Waals surface area contributed by atoms with E-state index in [4.69, 9.17) is 19.9 Å². The van der Waals surface area contributed by atoms with Crippen LogP contribution in [-0.4, -0.2) is 38.2 Å². The molecule has 0 amide bonds. The summed E-state index contributed by atoms with van der Waals surface area (Å²) < 4.78 is 9.37. The molecule has 398 valence electrons. The number of nitrogens with zero attached hydrogens (tertiary/aromatic N) is 8. The lowest BCUT2D eigenvalue weighted by atomic mass is 10.1. The van der Waals surface area contributed by atoms with E-state index in [1.54, 1.807) is 0 Å². The highest BCUT2D eigenvalue weighted by molar-refractivity contribution is 6.10. The minimum atomic E-state index is 0.423. The number of para-hydroxylation sites is 6. The molecule has 16 aromatic rings. The Balaban J connectivity index is 0.859. The summed E-state index contributed by atoms with van der Waals surface area (Å²) in [4.78, 5) is 21.7. The molecule has 6 heterocycles. The monoisotopic (exact) mass is 1080 g/mol. The molecular formula is C76H54N8. The fourth-order valence-corrected chi connectivity index (χ4v) is 12.9. The second kappa shape index (κ2) is 19.4. The number of aryl methyl sites for hydroxylation is 2. The van der Waals surface area contributed by atoms with Crippen LogP contribution in [0.25, 0.3) is 145 Å². The van der Waals surface area contributed by atoms with Gasteiger partial charge in [0.05, 0.1) is 55.9 Å². The molecule has 0 saturated heterocycles. The maximum atomic E-state index is 5.42. The molecule has 0 spiro atoms. The third-order valence-corrected chi connectivity index (χ3v) is 17.4. The van der Waals surface area contributed by atoms with Gasteiger partial charge in [0.25, 0.3) is 0 Å². The summed E-state index contributed by atoms with van der Waals surface area (Å²) >= 11 is 0. The maximum Gasteiger partial charge on any atom is 0.198 e. The van der Waals surface area contributed by atoms with Gasteiger partial charge >= 0.3 is 0 Å². The van der Waals surface area contributed by atoms with E-state index in [9.17, 15) is 0 Å². The fraction of sp³-hybridized carbons (Fsp3) is 0.0526. The number of hydrogen-bond acceptors (Lipinski definition) is 4. The molecule has 0 saturated carbocycles. The quantitative estimate of drug-likeness (QED) is 0.144. The van der Waals surface area contributed by atoms with Crippen LogP contribution in [0.2, 0.25) is 0 Å². The van der Waals surface area contributed by atoms with Crippen molar-refractivity contribution in [2.24, 2.45) is 0 Å². The summed E-state index contributed by atoms with van der Waals surface area (Å²) in [5.41, 5.74) is 23.1. The van der Waals surface area contributed by atoms with Crippen molar-refractivity contribution in [1.82, 2.24) is 38.2 Å². The van der Waals surface area contributed by atoms with Gasteiger partial charge in [-0.2, -0.15) is 0 Å². The summed E-state index contributed by atoms with van der Waals surface area (Å²) in [7, 11) is 0. The smallest absolute Gasteiger partial charge is 0.198 e. The second-order valence-electron chi connectivity index (χ2n) is 22.0. The summed E-state index contributed by atoms with van der Waals surface area (Å²) in [6, 6.07) is 90.8. The highest BCUT2D eigenvalue weighted by atomic mass is 15.0. The summed E-state index contributed by atoms with van der Waals surface area (Å²) in [5.74, 6) is 0.847. The Labute approximate surface area is 485 Å². The van der Waals surface area contributed by atoms with Crippen molar-refractivity contribution in [3.05, 3.63) is 277 Å². The average Bonchev–Trinajstić information content (AvgIpc) is 4.30. The van der Waals surface area contributed by atoms with Crippen LogP contribution < -0.4 is 0 Å².